The van der Waals surface area contributed by atoms with Gasteiger partial charge in [-0.2, -0.15) is 4.72 Å². The normalized spacial score (nSPS) is 12.9. The summed E-state index contributed by atoms with van der Waals surface area (Å²) in [7, 11) is -3.85. The maximum absolute atomic E-state index is 11.8. The van der Waals surface area contributed by atoms with Crippen molar-refractivity contribution in [2.45, 2.75) is 30.6 Å². The Bertz CT molecular complexity index is 578. The number of hydrogen-bond donors (Lipinski definition) is 3. The van der Waals surface area contributed by atoms with Gasteiger partial charge in [-0.3, -0.25) is 9.59 Å². The minimum absolute atomic E-state index is 0.0148. The second-order valence-electron chi connectivity index (χ2n) is 3.81. The summed E-state index contributed by atoms with van der Waals surface area (Å²) >= 11 is 0.977. The van der Waals surface area contributed by atoms with Gasteiger partial charge >= 0.3 is 5.97 Å². The van der Waals surface area contributed by atoms with Crippen LogP contribution in [-0.2, 0) is 26.2 Å². The number of sulfonamides is 1. The van der Waals surface area contributed by atoms with Crippen molar-refractivity contribution in [3.63, 3.8) is 0 Å². The highest BCUT2D eigenvalue weighted by Gasteiger charge is 2.22. The van der Waals surface area contributed by atoms with E-state index in [0.717, 1.165) is 11.3 Å². The summed E-state index contributed by atoms with van der Waals surface area (Å²) in [5.41, 5.74) is 0. The molecule has 3 N–H and O–H groups in total. The molecule has 1 rings (SSSR count). The summed E-state index contributed by atoms with van der Waals surface area (Å²) in [5.74, 6) is -1.46. The fourth-order valence-corrected chi connectivity index (χ4v) is 3.66. The van der Waals surface area contributed by atoms with Gasteiger partial charge in [0, 0.05) is 11.8 Å². The summed E-state index contributed by atoms with van der Waals surface area (Å²) in [4.78, 5) is 22.0. The molecule has 1 atom stereocenters. The van der Waals surface area contributed by atoms with Crippen LogP contribution in [0.15, 0.2) is 16.3 Å². The van der Waals surface area contributed by atoms with Crippen LogP contribution in [0.5, 0.6) is 0 Å². The van der Waals surface area contributed by atoms with Crippen LogP contribution in [0.3, 0.4) is 0 Å². The Morgan fingerprint density at radius 3 is 2.58 bits per heavy atom. The molecule has 7 nitrogen and oxygen atoms in total. The standard InChI is InChI=1S/C10H14N2O5S2/c1-6(10(14)15)12-19(16,17)9-4-3-8(18-9)5-11-7(2)13/h3-4,6,12H,5H2,1-2H3,(H,11,13)(H,14,15)/t6-/m1/s1. The summed E-state index contributed by atoms with van der Waals surface area (Å²) in [6.45, 7) is 2.84. The van der Waals surface area contributed by atoms with Crippen LogP contribution in [0.2, 0.25) is 0 Å². The minimum atomic E-state index is -3.85. The van der Waals surface area contributed by atoms with Gasteiger partial charge in [-0.25, -0.2) is 8.42 Å². The van der Waals surface area contributed by atoms with E-state index in [2.05, 4.69) is 5.32 Å². The molecule has 1 aromatic heterocycles. The Labute approximate surface area is 114 Å². The average Bonchev–Trinajstić information content (AvgIpc) is 2.74. The van der Waals surface area contributed by atoms with Crippen LogP contribution in [-0.4, -0.2) is 31.4 Å². The van der Waals surface area contributed by atoms with Crippen LogP contribution in [0.4, 0.5) is 0 Å². The van der Waals surface area contributed by atoms with E-state index in [1.54, 1.807) is 6.07 Å². The average molecular weight is 306 g/mol. The summed E-state index contributed by atoms with van der Waals surface area (Å²) < 4.78 is 25.8. The van der Waals surface area contributed by atoms with Gasteiger partial charge in [0.2, 0.25) is 5.91 Å². The van der Waals surface area contributed by atoms with Gasteiger partial charge in [-0.15, -0.1) is 11.3 Å². The second-order valence-corrected chi connectivity index (χ2v) is 6.92. The number of carbonyl (C=O) groups excluding carboxylic acids is 1. The number of amides is 1. The number of thiophene rings is 1. The van der Waals surface area contributed by atoms with E-state index in [1.807, 2.05) is 4.72 Å². The number of hydrogen-bond acceptors (Lipinski definition) is 5. The molecule has 0 spiro atoms. The summed E-state index contributed by atoms with van der Waals surface area (Å²) in [6.07, 6.45) is 0. The lowest BCUT2D eigenvalue weighted by Gasteiger charge is -2.08. The first-order valence-corrected chi connectivity index (χ1v) is 7.60. The maximum atomic E-state index is 11.8. The molecule has 106 valence electrons. The quantitative estimate of drug-likeness (QED) is 0.692. The van der Waals surface area contributed by atoms with Crippen molar-refractivity contribution in [1.29, 1.82) is 0 Å². The number of rotatable bonds is 6. The lowest BCUT2D eigenvalue weighted by Crippen LogP contribution is -2.37. The lowest BCUT2D eigenvalue weighted by molar-refractivity contribution is -0.138. The monoisotopic (exact) mass is 306 g/mol. The number of nitrogens with one attached hydrogen (secondary N) is 2. The zero-order valence-electron chi connectivity index (χ0n) is 10.3. The van der Waals surface area contributed by atoms with E-state index >= 15 is 0 Å². The molecule has 0 radical (unpaired) electrons. The number of carbonyl (C=O) groups is 2. The molecular formula is C10H14N2O5S2. The van der Waals surface area contributed by atoms with Gasteiger partial charge in [0.1, 0.15) is 10.3 Å². The number of carboxylic acids is 1. The molecule has 1 heterocycles. The van der Waals surface area contributed by atoms with Crippen molar-refractivity contribution < 1.29 is 23.1 Å². The van der Waals surface area contributed by atoms with E-state index in [1.165, 1.54) is 19.9 Å². The molecule has 0 aliphatic heterocycles. The Kier molecular flexibility index (Phi) is 5.04. The van der Waals surface area contributed by atoms with Gasteiger partial charge in [-0.05, 0) is 19.1 Å². The first-order chi connectivity index (χ1) is 8.72. The van der Waals surface area contributed by atoms with E-state index in [9.17, 15) is 18.0 Å². The maximum Gasteiger partial charge on any atom is 0.321 e. The van der Waals surface area contributed by atoms with Gasteiger partial charge in [-0.1, -0.05) is 0 Å². The highest BCUT2D eigenvalue weighted by atomic mass is 32.2. The van der Waals surface area contributed by atoms with Crippen LogP contribution in [0, 0.1) is 0 Å². The Hall–Kier alpha value is -1.45. The van der Waals surface area contributed by atoms with Gasteiger partial charge < -0.3 is 10.4 Å². The molecule has 1 aromatic rings. The molecule has 0 bridgehead atoms. The summed E-state index contributed by atoms with van der Waals surface area (Å²) in [5, 5.41) is 11.2. The third kappa shape index (κ3) is 4.62. The lowest BCUT2D eigenvalue weighted by atomic mass is 10.4. The van der Waals surface area contributed by atoms with E-state index in [4.69, 9.17) is 5.11 Å². The number of carboxylic acid groups (broad SMARTS) is 1. The van der Waals surface area contributed by atoms with Crippen LogP contribution < -0.4 is 10.0 Å². The van der Waals surface area contributed by atoms with Gasteiger partial charge in [0.05, 0.1) is 6.54 Å². The fraction of sp³-hybridized carbons (Fsp3) is 0.400. The van der Waals surface area contributed by atoms with Crippen molar-refractivity contribution in [3.8, 4) is 0 Å². The van der Waals surface area contributed by atoms with Crippen molar-refractivity contribution in [1.82, 2.24) is 10.0 Å². The van der Waals surface area contributed by atoms with Crippen molar-refractivity contribution in [3.05, 3.63) is 17.0 Å². The Morgan fingerprint density at radius 2 is 2.05 bits per heavy atom. The Balaban J connectivity index is 2.79. The topological polar surface area (TPSA) is 113 Å². The molecule has 19 heavy (non-hydrogen) atoms. The molecule has 0 unspecified atom stereocenters. The molecule has 9 heteroatoms. The van der Waals surface area contributed by atoms with Crippen LogP contribution in [0.25, 0.3) is 0 Å². The predicted molar refractivity (Wildman–Crippen MR) is 69.3 cm³/mol. The van der Waals surface area contributed by atoms with Crippen LogP contribution >= 0.6 is 11.3 Å². The second kappa shape index (κ2) is 6.13. The molecule has 0 saturated carbocycles. The first kappa shape index (κ1) is 15.6. The molecule has 0 saturated heterocycles. The molecule has 0 aliphatic carbocycles. The summed E-state index contributed by atoms with van der Waals surface area (Å²) in [6, 6.07) is 1.74. The van der Waals surface area contributed by atoms with E-state index in [0.29, 0.717) is 4.88 Å². The molecular weight excluding hydrogens is 292 g/mol. The highest BCUT2D eigenvalue weighted by molar-refractivity contribution is 7.91. The fourth-order valence-electron chi connectivity index (χ4n) is 1.15. The van der Waals surface area contributed by atoms with Gasteiger partial charge in [0.25, 0.3) is 10.0 Å². The van der Waals surface area contributed by atoms with Crippen molar-refractivity contribution in [2.75, 3.05) is 0 Å². The van der Waals surface area contributed by atoms with E-state index < -0.39 is 22.0 Å². The largest absolute Gasteiger partial charge is 0.480 e. The molecule has 0 aromatic carbocycles. The Morgan fingerprint density at radius 1 is 1.42 bits per heavy atom. The molecule has 0 aliphatic rings. The minimum Gasteiger partial charge on any atom is -0.480 e. The third-order valence-electron chi connectivity index (χ3n) is 2.12. The van der Waals surface area contributed by atoms with Crippen LogP contribution in [0.1, 0.15) is 18.7 Å². The first-order valence-electron chi connectivity index (χ1n) is 5.30. The highest BCUT2D eigenvalue weighted by Crippen LogP contribution is 2.21. The molecule has 1 amide bonds. The zero-order valence-corrected chi connectivity index (χ0v) is 12.0. The third-order valence-corrected chi connectivity index (χ3v) is 5.23. The van der Waals surface area contributed by atoms with Gasteiger partial charge in [0.15, 0.2) is 0 Å². The SMILES string of the molecule is CC(=O)NCc1ccc(S(=O)(=O)N[C@H](C)C(=O)O)s1. The van der Waals surface area contributed by atoms with Crippen molar-refractivity contribution >= 4 is 33.2 Å². The smallest absolute Gasteiger partial charge is 0.321 e. The van der Waals surface area contributed by atoms with Crippen molar-refractivity contribution in [2.24, 2.45) is 0 Å². The number of aliphatic carboxylic acids is 1. The molecule has 0 fully saturated rings. The van der Waals surface area contributed by atoms with E-state index in [-0.39, 0.29) is 16.7 Å². The predicted octanol–water partition coefficient (Wildman–Crippen LogP) is 0.136. The zero-order chi connectivity index (χ0) is 14.6.